The Labute approximate surface area is 152 Å². The van der Waals surface area contributed by atoms with Crippen LogP contribution in [0.15, 0.2) is 60.7 Å². The number of hydrogen-bond acceptors (Lipinski definition) is 5. The highest BCUT2D eigenvalue weighted by atomic mass is 16.5. The highest BCUT2D eigenvalue weighted by Gasteiger charge is 2.18. The molecule has 0 saturated carbocycles. The van der Waals surface area contributed by atoms with Gasteiger partial charge in [0.15, 0.2) is 0 Å². The van der Waals surface area contributed by atoms with Gasteiger partial charge in [0.25, 0.3) is 0 Å². The number of esters is 1. The molecule has 5 heteroatoms. The zero-order chi connectivity index (χ0) is 18.5. The summed E-state index contributed by atoms with van der Waals surface area (Å²) in [4.78, 5) is 16.2. The predicted molar refractivity (Wildman–Crippen MR) is 100 cm³/mol. The van der Waals surface area contributed by atoms with Crippen molar-refractivity contribution in [2.45, 2.75) is 13.3 Å². The van der Waals surface area contributed by atoms with Crippen LogP contribution in [0.25, 0.3) is 0 Å². The molecule has 0 aliphatic heterocycles. The van der Waals surface area contributed by atoms with Gasteiger partial charge in [-0.15, -0.1) is 0 Å². The molecule has 132 valence electrons. The van der Waals surface area contributed by atoms with Gasteiger partial charge in [0, 0.05) is 5.69 Å². The van der Waals surface area contributed by atoms with Crippen LogP contribution in [0.3, 0.4) is 0 Å². The number of hydrogen-bond donors (Lipinski definition) is 1. The Balaban J connectivity index is 1.82. The zero-order valence-electron chi connectivity index (χ0n) is 14.7. The summed E-state index contributed by atoms with van der Waals surface area (Å²) in [5, 5.41) is 0. The summed E-state index contributed by atoms with van der Waals surface area (Å²) in [6.07, 6.45) is 0.545. The van der Waals surface area contributed by atoms with E-state index in [9.17, 15) is 4.79 Å². The fourth-order valence-corrected chi connectivity index (χ4v) is 2.76. The first-order valence-corrected chi connectivity index (χ1v) is 8.23. The molecule has 0 radical (unpaired) electrons. The van der Waals surface area contributed by atoms with Crippen LogP contribution in [-0.4, -0.2) is 18.1 Å². The third kappa shape index (κ3) is 4.00. The van der Waals surface area contributed by atoms with Gasteiger partial charge in [-0.25, -0.2) is 9.78 Å². The number of ether oxygens (including phenoxy) is 2. The molecule has 0 aliphatic rings. The van der Waals surface area contributed by atoms with Crippen LogP contribution in [0.2, 0.25) is 0 Å². The van der Waals surface area contributed by atoms with E-state index in [4.69, 9.17) is 15.2 Å². The van der Waals surface area contributed by atoms with Crippen LogP contribution in [0, 0.1) is 6.92 Å². The maximum atomic E-state index is 12.1. The van der Waals surface area contributed by atoms with E-state index in [1.807, 2.05) is 67.6 Å². The van der Waals surface area contributed by atoms with Gasteiger partial charge in [-0.2, -0.15) is 0 Å². The Hall–Kier alpha value is -3.34. The molecule has 3 aromatic rings. The smallest absolute Gasteiger partial charge is 0.341 e. The summed E-state index contributed by atoms with van der Waals surface area (Å²) >= 11 is 0. The van der Waals surface area contributed by atoms with E-state index in [1.165, 1.54) is 7.11 Å². The minimum absolute atomic E-state index is 0.191. The molecule has 26 heavy (non-hydrogen) atoms. The number of para-hydroxylation sites is 1. The Morgan fingerprint density at radius 2 is 1.69 bits per heavy atom. The van der Waals surface area contributed by atoms with Crippen molar-refractivity contribution >= 4 is 11.8 Å². The quantitative estimate of drug-likeness (QED) is 0.701. The molecule has 2 aromatic carbocycles. The third-order valence-corrected chi connectivity index (χ3v) is 3.94. The van der Waals surface area contributed by atoms with Crippen LogP contribution >= 0.6 is 0 Å². The number of aromatic nitrogens is 1. The lowest BCUT2D eigenvalue weighted by molar-refractivity contribution is 0.0600. The molecule has 0 aliphatic carbocycles. The molecule has 0 spiro atoms. The third-order valence-electron chi connectivity index (χ3n) is 3.94. The molecule has 0 bridgehead atoms. The van der Waals surface area contributed by atoms with E-state index in [1.54, 1.807) is 0 Å². The lowest BCUT2D eigenvalue weighted by Gasteiger charge is -2.12. The molecule has 0 fully saturated rings. The standard InChI is InChI=1S/C21H20N2O3/c1-14-12-16(19(20(22)23-14)21(24)25-2)13-15-8-10-18(11-9-15)26-17-6-4-3-5-7-17/h3-12H,13H2,1-2H3,(H2,22,23). The maximum absolute atomic E-state index is 12.1. The van der Waals surface area contributed by atoms with Crippen molar-refractivity contribution in [2.75, 3.05) is 12.8 Å². The molecule has 1 heterocycles. The first-order chi connectivity index (χ1) is 12.6. The van der Waals surface area contributed by atoms with Gasteiger partial charge in [0.05, 0.1) is 7.11 Å². The van der Waals surface area contributed by atoms with Crippen molar-refractivity contribution in [2.24, 2.45) is 0 Å². The van der Waals surface area contributed by atoms with Gasteiger partial charge in [-0.05, 0) is 54.8 Å². The van der Waals surface area contributed by atoms with Gasteiger partial charge >= 0.3 is 5.97 Å². The topological polar surface area (TPSA) is 74.4 Å². The monoisotopic (exact) mass is 348 g/mol. The maximum Gasteiger partial charge on any atom is 0.341 e. The van der Waals surface area contributed by atoms with Crippen LogP contribution in [0.1, 0.15) is 27.2 Å². The Bertz CT molecular complexity index is 907. The van der Waals surface area contributed by atoms with Gasteiger partial charge < -0.3 is 15.2 Å². The number of nitrogens with zero attached hydrogens (tertiary/aromatic N) is 1. The fourth-order valence-electron chi connectivity index (χ4n) is 2.76. The molecule has 0 atom stereocenters. The predicted octanol–water partition coefficient (Wildman–Crippen LogP) is 4.14. The number of anilines is 1. The number of carbonyl (C=O) groups excluding carboxylic acids is 1. The van der Waals surface area contributed by atoms with Crippen molar-refractivity contribution in [1.29, 1.82) is 0 Å². The second kappa shape index (κ2) is 7.70. The molecule has 1 aromatic heterocycles. The average molecular weight is 348 g/mol. The number of nitrogens with two attached hydrogens (primary N) is 1. The van der Waals surface area contributed by atoms with E-state index in [0.29, 0.717) is 12.0 Å². The van der Waals surface area contributed by atoms with Crippen LogP contribution in [0.4, 0.5) is 5.82 Å². The van der Waals surface area contributed by atoms with Gasteiger partial charge in [-0.3, -0.25) is 0 Å². The summed E-state index contributed by atoms with van der Waals surface area (Å²) in [5.41, 5.74) is 8.83. The molecule has 0 amide bonds. The molecule has 3 rings (SSSR count). The minimum atomic E-state index is -0.478. The van der Waals surface area contributed by atoms with Crippen LogP contribution in [-0.2, 0) is 11.2 Å². The highest BCUT2D eigenvalue weighted by molar-refractivity contribution is 5.95. The number of nitrogen functional groups attached to an aromatic ring is 1. The number of methoxy groups -OCH3 is 1. The molecular formula is C21H20N2O3. The van der Waals surface area contributed by atoms with Crippen molar-refractivity contribution in [3.05, 3.63) is 83.0 Å². The largest absolute Gasteiger partial charge is 0.465 e. The number of carbonyl (C=O) groups is 1. The van der Waals surface area contributed by atoms with Crippen molar-refractivity contribution in [3.63, 3.8) is 0 Å². The molecule has 0 saturated heterocycles. The second-order valence-corrected chi connectivity index (χ2v) is 5.91. The van der Waals surface area contributed by atoms with E-state index in [0.717, 1.165) is 28.3 Å². The van der Waals surface area contributed by atoms with E-state index < -0.39 is 5.97 Å². The average Bonchev–Trinajstić information content (AvgIpc) is 2.63. The van der Waals surface area contributed by atoms with Crippen LogP contribution in [0.5, 0.6) is 11.5 Å². The zero-order valence-corrected chi connectivity index (χ0v) is 14.7. The van der Waals surface area contributed by atoms with Crippen molar-refractivity contribution in [3.8, 4) is 11.5 Å². The summed E-state index contributed by atoms with van der Waals surface area (Å²) in [6, 6.07) is 19.2. The summed E-state index contributed by atoms with van der Waals surface area (Å²) in [6.45, 7) is 1.84. The summed E-state index contributed by atoms with van der Waals surface area (Å²) in [5.74, 6) is 1.24. The van der Waals surface area contributed by atoms with Gasteiger partial charge in [-0.1, -0.05) is 30.3 Å². The number of benzene rings is 2. The number of pyridine rings is 1. The summed E-state index contributed by atoms with van der Waals surface area (Å²) in [7, 11) is 1.33. The highest BCUT2D eigenvalue weighted by Crippen LogP contribution is 2.24. The molecule has 0 unspecified atom stereocenters. The Kier molecular flexibility index (Phi) is 5.17. The lowest BCUT2D eigenvalue weighted by atomic mass is 9.99. The minimum Gasteiger partial charge on any atom is -0.465 e. The van der Waals surface area contributed by atoms with E-state index in [2.05, 4.69) is 4.98 Å². The van der Waals surface area contributed by atoms with Crippen molar-refractivity contribution in [1.82, 2.24) is 4.98 Å². The molecular weight excluding hydrogens is 328 g/mol. The molecule has 5 nitrogen and oxygen atoms in total. The first kappa shape index (κ1) is 17.5. The van der Waals surface area contributed by atoms with E-state index in [-0.39, 0.29) is 5.82 Å². The summed E-state index contributed by atoms with van der Waals surface area (Å²) < 4.78 is 10.6. The van der Waals surface area contributed by atoms with E-state index >= 15 is 0 Å². The second-order valence-electron chi connectivity index (χ2n) is 5.91. The van der Waals surface area contributed by atoms with Crippen molar-refractivity contribution < 1.29 is 14.3 Å². The molecule has 2 N–H and O–H groups in total. The normalized spacial score (nSPS) is 10.4. The van der Waals surface area contributed by atoms with Gasteiger partial charge in [0.2, 0.25) is 0 Å². The Morgan fingerprint density at radius 1 is 1.04 bits per heavy atom. The first-order valence-electron chi connectivity index (χ1n) is 8.23. The fraction of sp³-hybridized carbons (Fsp3) is 0.143. The number of aryl methyl sites for hydroxylation is 1. The Morgan fingerprint density at radius 3 is 2.35 bits per heavy atom. The SMILES string of the molecule is COC(=O)c1c(Cc2ccc(Oc3ccccc3)cc2)cc(C)nc1N. The number of rotatable bonds is 5. The lowest BCUT2D eigenvalue weighted by Crippen LogP contribution is -2.12. The van der Waals surface area contributed by atoms with Gasteiger partial charge in [0.1, 0.15) is 22.9 Å². The van der Waals surface area contributed by atoms with Crippen LogP contribution < -0.4 is 10.5 Å².